The van der Waals surface area contributed by atoms with Crippen LogP contribution in [0.25, 0.3) is 0 Å². The summed E-state index contributed by atoms with van der Waals surface area (Å²) in [6, 6.07) is 20.6. The molecule has 0 saturated carbocycles. The van der Waals surface area contributed by atoms with E-state index in [2.05, 4.69) is 4.72 Å². The van der Waals surface area contributed by atoms with Crippen molar-refractivity contribution in [1.82, 2.24) is 4.90 Å². The van der Waals surface area contributed by atoms with Crippen LogP contribution in [0.1, 0.15) is 21.5 Å². The fourth-order valence-corrected chi connectivity index (χ4v) is 4.20. The van der Waals surface area contributed by atoms with Gasteiger partial charge in [-0.05, 0) is 42.8 Å². The zero-order valence-corrected chi connectivity index (χ0v) is 18.5. The molecule has 0 atom stereocenters. The Hall–Kier alpha value is -4.23. The van der Waals surface area contributed by atoms with Crippen molar-refractivity contribution in [1.29, 1.82) is 5.26 Å². The molecule has 3 rings (SSSR count). The topological polar surface area (TPSA) is 133 Å². The Bertz CT molecular complexity index is 1320. The highest BCUT2D eigenvalue weighted by Crippen LogP contribution is 2.24. The maximum absolute atomic E-state index is 12.9. The van der Waals surface area contributed by atoms with E-state index in [1.165, 1.54) is 48.2 Å². The van der Waals surface area contributed by atoms with Gasteiger partial charge in [0.25, 0.3) is 21.6 Å². The monoisotopic (exact) mass is 464 g/mol. The van der Waals surface area contributed by atoms with Crippen LogP contribution in [-0.2, 0) is 16.6 Å². The van der Waals surface area contributed by atoms with Crippen molar-refractivity contribution in [3.8, 4) is 6.07 Å². The summed E-state index contributed by atoms with van der Waals surface area (Å²) in [5.41, 5.74) is 1.39. The van der Waals surface area contributed by atoms with Crippen molar-refractivity contribution < 1.29 is 18.1 Å². The molecular weight excluding hydrogens is 444 g/mol. The maximum Gasteiger partial charge on any atom is 0.273 e. The number of aryl methyl sites for hydroxylation is 1. The van der Waals surface area contributed by atoms with E-state index in [1.807, 2.05) is 36.4 Å². The van der Waals surface area contributed by atoms with E-state index >= 15 is 0 Å². The summed E-state index contributed by atoms with van der Waals surface area (Å²) in [5.74, 6) is -0.371. The quantitative estimate of drug-likeness (QED) is 0.306. The second-order valence-electron chi connectivity index (χ2n) is 7.19. The molecule has 3 aromatic carbocycles. The summed E-state index contributed by atoms with van der Waals surface area (Å²) in [6.07, 6.45) is 0. The Morgan fingerprint density at radius 2 is 1.76 bits per heavy atom. The number of nitro groups is 1. The van der Waals surface area contributed by atoms with Crippen LogP contribution in [0.2, 0.25) is 0 Å². The third kappa shape index (κ3) is 5.72. The summed E-state index contributed by atoms with van der Waals surface area (Å²) in [7, 11) is -4.08. The zero-order valence-electron chi connectivity index (χ0n) is 17.6. The molecule has 0 aliphatic carbocycles. The molecule has 0 radical (unpaired) electrons. The van der Waals surface area contributed by atoms with Crippen LogP contribution in [-0.4, -0.2) is 30.7 Å². The minimum atomic E-state index is -4.08. The summed E-state index contributed by atoms with van der Waals surface area (Å²) < 4.78 is 27.7. The van der Waals surface area contributed by atoms with Crippen LogP contribution >= 0.6 is 0 Å². The first-order valence-corrected chi connectivity index (χ1v) is 11.3. The predicted molar refractivity (Wildman–Crippen MR) is 122 cm³/mol. The van der Waals surface area contributed by atoms with Gasteiger partial charge in [-0.15, -0.1) is 0 Å². The number of anilines is 1. The number of hydrogen-bond acceptors (Lipinski definition) is 6. The van der Waals surface area contributed by atoms with Gasteiger partial charge in [-0.2, -0.15) is 5.26 Å². The average Bonchev–Trinajstić information content (AvgIpc) is 2.79. The van der Waals surface area contributed by atoms with E-state index in [-0.39, 0.29) is 40.8 Å². The maximum atomic E-state index is 12.9. The van der Waals surface area contributed by atoms with Crippen molar-refractivity contribution in [2.75, 3.05) is 11.3 Å². The number of amides is 1. The van der Waals surface area contributed by atoms with Gasteiger partial charge in [0.15, 0.2) is 0 Å². The third-order valence-corrected chi connectivity index (χ3v) is 6.22. The predicted octanol–water partition coefficient (Wildman–Crippen LogP) is 3.87. The fraction of sp³-hybridized carbons (Fsp3) is 0.130. The van der Waals surface area contributed by atoms with Gasteiger partial charge in [0, 0.05) is 29.4 Å². The van der Waals surface area contributed by atoms with Crippen LogP contribution in [0.5, 0.6) is 0 Å². The van der Waals surface area contributed by atoms with Crippen LogP contribution < -0.4 is 4.72 Å². The molecule has 0 unspecified atom stereocenters. The van der Waals surface area contributed by atoms with Gasteiger partial charge in [-0.1, -0.05) is 36.4 Å². The lowest BCUT2D eigenvalue weighted by molar-refractivity contribution is -0.385. The normalized spacial score (nSPS) is 10.8. The number of rotatable bonds is 8. The molecule has 9 nitrogen and oxygen atoms in total. The van der Waals surface area contributed by atoms with E-state index in [0.29, 0.717) is 5.56 Å². The molecule has 0 heterocycles. The molecular formula is C23H20N4O5S. The van der Waals surface area contributed by atoms with E-state index in [9.17, 15) is 23.3 Å². The smallest absolute Gasteiger partial charge is 0.273 e. The molecule has 1 N–H and O–H groups in total. The van der Waals surface area contributed by atoms with Crippen molar-refractivity contribution >= 4 is 27.3 Å². The summed E-state index contributed by atoms with van der Waals surface area (Å²) in [5, 5.41) is 20.2. The van der Waals surface area contributed by atoms with Gasteiger partial charge in [-0.25, -0.2) is 8.42 Å². The summed E-state index contributed by atoms with van der Waals surface area (Å²) in [4.78, 5) is 24.5. The molecule has 0 aliphatic rings. The van der Waals surface area contributed by atoms with Gasteiger partial charge in [0.05, 0.1) is 15.9 Å². The van der Waals surface area contributed by atoms with E-state index in [4.69, 9.17) is 5.26 Å². The summed E-state index contributed by atoms with van der Waals surface area (Å²) >= 11 is 0. The first-order valence-electron chi connectivity index (χ1n) is 9.79. The molecule has 3 aromatic rings. The highest BCUT2D eigenvalue weighted by molar-refractivity contribution is 7.92. The average molecular weight is 465 g/mol. The standard InChI is InChI=1S/C23H20N4O5S/c1-17-7-12-21(15-22(17)27(29)30)33(31,32)25-20-10-8-19(9-11-20)23(28)26(14-13-24)16-18-5-3-2-4-6-18/h2-12,15,25H,14,16H2,1H3. The molecule has 0 spiro atoms. The Labute approximate surface area is 191 Å². The molecule has 10 heteroatoms. The lowest BCUT2D eigenvalue weighted by atomic mass is 10.1. The highest BCUT2D eigenvalue weighted by atomic mass is 32.2. The molecule has 0 fully saturated rings. The Kier molecular flexibility index (Phi) is 7.05. The highest BCUT2D eigenvalue weighted by Gasteiger charge is 2.21. The van der Waals surface area contributed by atoms with Gasteiger partial charge in [-0.3, -0.25) is 19.6 Å². The number of hydrogen-bond donors (Lipinski definition) is 1. The molecule has 33 heavy (non-hydrogen) atoms. The first kappa shape index (κ1) is 23.4. The number of sulfonamides is 1. The Balaban J connectivity index is 1.78. The Morgan fingerprint density at radius 3 is 2.36 bits per heavy atom. The number of nitriles is 1. The Morgan fingerprint density at radius 1 is 1.09 bits per heavy atom. The number of nitrogens with zero attached hydrogens (tertiary/aromatic N) is 3. The van der Waals surface area contributed by atoms with Crippen molar-refractivity contribution in [2.24, 2.45) is 0 Å². The van der Waals surface area contributed by atoms with Crippen LogP contribution in [0.15, 0.2) is 77.7 Å². The van der Waals surface area contributed by atoms with Crippen LogP contribution in [0, 0.1) is 28.4 Å². The van der Waals surface area contributed by atoms with Crippen LogP contribution in [0.3, 0.4) is 0 Å². The van der Waals surface area contributed by atoms with Gasteiger partial charge in [0.2, 0.25) is 0 Å². The van der Waals surface area contributed by atoms with Crippen LogP contribution in [0.4, 0.5) is 11.4 Å². The third-order valence-electron chi connectivity index (χ3n) is 4.84. The molecule has 0 aromatic heterocycles. The first-order chi connectivity index (χ1) is 15.7. The fourth-order valence-electron chi connectivity index (χ4n) is 3.12. The lowest BCUT2D eigenvalue weighted by Crippen LogP contribution is -2.30. The lowest BCUT2D eigenvalue weighted by Gasteiger charge is -2.20. The second kappa shape index (κ2) is 9.93. The molecule has 168 valence electrons. The van der Waals surface area contributed by atoms with Crippen molar-refractivity contribution in [3.05, 3.63) is 99.6 Å². The number of nitrogens with one attached hydrogen (secondary N) is 1. The van der Waals surface area contributed by atoms with Gasteiger partial charge < -0.3 is 4.90 Å². The van der Waals surface area contributed by atoms with E-state index in [1.54, 1.807) is 0 Å². The molecule has 0 saturated heterocycles. The number of nitro benzene ring substituents is 1. The largest absolute Gasteiger partial charge is 0.321 e. The van der Waals surface area contributed by atoms with Gasteiger partial charge in [0.1, 0.15) is 6.54 Å². The summed E-state index contributed by atoms with van der Waals surface area (Å²) in [6.45, 7) is 1.67. The van der Waals surface area contributed by atoms with Crippen molar-refractivity contribution in [2.45, 2.75) is 18.4 Å². The van der Waals surface area contributed by atoms with E-state index < -0.39 is 14.9 Å². The number of carbonyl (C=O) groups excluding carboxylic acids is 1. The second-order valence-corrected chi connectivity index (χ2v) is 8.88. The zero-order chi connectivity index (χ0) is 24.0. The van der Waals surface area contributed by atoms with Gasteiger partial charge >= 0.3 is 0 Å². The minimum absolute atomic E-state index is 0.103. The van der Waals surface area contributed by atoms with Crippen molar-refractivity contribution in [3.63, 3.8) is 0 Å². The SMILES string of the molecule is Cc1ccc(S(=O)(=O)Nc2ccc(C(=O)N(CC#N)Cc3ccccc3)cc2)cc1[N+](=O)[O-]. The van der Waals surface area contributed by atoms with E-state index in [0.717, 1.165) is 11.6 Å². The number of carbonyl (C=O) groups is 1. The number of benzene rings is 3. The molecule has 0 bridgehead atoms. The molecule has 1 amide bonds. The minimum Gasteiger partial charge on any atom is -0.321 e. The molecule has 0 aliphatic heterocycles.